The second-order valence-corrected chi connectivity index (χ2v) is 5.04. The largest absolute Gasteiger partial charge is 0.360 e. The number of carbonyl (C=O) groups excluding carboxylic acids is 2. The summed E-state index contributed by atoms with van der Waals surface area (Å²) in [5, 5.41) is 36.6. The molecule has 0 radical (unpaired) electrons. The molecule has 6 nitrogen and oxygen atoms in total. The van der Waals surface area contributed by atoms with Crippen LogP contribution in [0.4, 0.5) is 0 Å². The van der Waals surface area contributed by atoms with Crippen LogP contribution in [0, 0.1) is 0 Å². The van der Waals surface area contributed by atoms with Gasteiger partial charge in [-0.3, -0.25) is 9.59 Å². The standard InChI is InChI=1S/C12H21ClO6/c1-3-7-11(16,17)9(14)5-6-10(15)12(18,19)8(13)4-2/h8,16-19H,3-7H2,1-2H3. The van der Waals surface area contributed by atoms with Gasteiger partial charge < -0.3 is 20.4 Å². The van der Waals surface area contributed by atoms with Crippen molar-refractivity contribution in [3.8, 4) is 0 Å². The number of alkyl halides is 1. The number of carbonyl (C=O) groups is 2. The predicted molar refractivity (Wildman–Crippen MR) is 68.4 cm³/mol. The molecular weight excluding hydrogens is 276 g/mol. The van der Waals surface area contributed by atoms with Crippen molar-refractivity contribution in [3.63, 3.8) is 0 Å². The summed E-state index contributed by atoms with van der Waals surface area (Å²) in [4.78, 5) is 23.0. The number of rotatable bonds is 9. The van der Waals surface area contributed by atoms with Crippen LogP contribution in [0.15, 0.2) is 0 Å². The van der Waals surface area contributed by atoms with E-state index in [0.29, 0.717) is 6.42 Å². The maximum absolute atomic E-state index is 11.6. The third-order valence-electron chi connectivity index (χ3n) is 2.83. The molecule has 4 N–H and O–H groups in total. The normalized spacial score (nSPS) is 14.3. The maximum atomic E-state index is 11.6. The molecule has 0 heterocycles. The van der Waals surface area contributed by atoms with Crippen LogP contribution in [0.2, 0.25) is 0 Å². The smallest absolute Gasteiger partial charge is 0.240 e. The first-order valence-electron chi connectivity index (χ1n) is 6.19. The zero-order valence-corrected chi connectivity index (χ0v) is 11.9. The summed E-state index contributed by atoms with van der Waals surface area (Å²) in [5.74, 6) is -7.14. The number of ketones is 2. The van der Waals surface area contributed by atoms with Crippen molar-refractivity contribution in [1.82, 2.24) is 0 Å². The van der Waals surface area contributed by atoms with E-state index in [2.05, 4.69) is 0 Å². The van der Waals surface area contributed by atoms with Crippen molar-refractivity contribution in [1.29, 1.82) is 0 Å². The highest BCUT2D eigenvalue weighted by Gasteiger charge is 2.40. The van der Waals surface area contributed by atoms with Crippen molar-refractivity contribution in [2.75, 3.05) is 0 Å². The monoisotopic (exact) mass is 296 g/mol. The van der Waals surface area contributed by atoms with E-state index in [1.54, 1.807) is 13.8 Å². The van der Waals surface area contributed by atoms with Crippen molar-refractivity contribution in [3.05, 3.63) is 0 Å². The molecule has 0 amide bonds. The van der Waals surface area contributed by atoms with Crippen molar-refractivity contribution < 1.29 is 30.0 Å². The molecule has 7 heteroatoms. The van der Waals surface area contributed by atoms with Gasteiger partial charge in [-0.25, -0.2) is 0 Å². The molecule has 112 valence electrons. The van der Waals surface area contributed by atoms with Gasteiger partial charge >= 0.3 is 0 Å². The Hall–Kier alpha value is -0.530. The molecule has 0 saturated heterocycles. The van der Waals surface area contributed by atoms with E-state index in [0.717, 1.165) is 0 Å². The van der Waals surface area contributed by atoms with Crippen LogP contribution in [0.3, 0.4) is 0 Å². The Kier molecular flexibility index (Phi) is 7.10. The van der Waals surface area contributed by atoms with E-state index < -0.39 is 41.4 Å². The number of aliphatic hydroxyl groups is 4. The molecule has 0 saturated carbocycles. The van der Waals surface area contributed by atoms with Crippen molar-refractivity contribution >= 4 is 23.2 Å². The van der Waals surface area contributed by atoms with Gasteiger partial charge in [-0.1, -0.05) is 20.3 Å². The Morgan fingerprint density at radius 2 is 1.53 bits per heavy atom. The Labute approximate surface area is 117 Å². The van der Waals surface area contributed by atoms with Crippen LogP contribution >= 0.6 is 11.6 Å². The third kappa shape index (κ3) is 5.16. The summed E-state index contributed by atoms with van der Waals surface area (Å²) >= 11 is 5.60. The van der Waals surface area contributed by atoms with Gasteiger partial charge in [0.25, 0.3) is 0 Å². The molecule has 1 atom stereocenters. The fraction of sp³-hybridized carbons (Fsp3) is 0.833. The second-order valence-electron chi connectivity index (χ2n) is 4.51. The van der Waals surface area contributed by atoms with E-state index in [1.807, 2.05) is 0 Å². The van der Waals surface area contributed by atoms with Gasteiger partial charge in [0, 0.05) is 19.3 Å². The Morgan fingerprint density at radius 1 is 1.05 bits per heavy atom. The lowest BCUT2D eigenvalue weighted by molar-refractivity contribution is -0.189. The van der Waals surface area contributed by atoms with Crippen LogP contribution < -0.4 is 0 Å². The van der Waals surface area contributed by atoms with Gasteiger partial charge in [-0.05, 0) is 6.42 Å². The van der Waals surface area contributed by atoms with Gasteiger partial charge in [0.2, 0.25) is 11.6 Å². The first-order chi connectivity index (χ1) is 8.59. The minimum Gasteiger partial charge on any atom is -0.360 e. The molecule has 0 rings (SSSR count). The van der Waals surface area contributed by atoms with Gasteiger partial charge in [0.15, 0.2) is 11.6 Å². The fourth-order valence-corrected chi connectivity index (χ4v) is 1.68. The minimum atomic E-state index is -2.71. The highest BCUT2D eigenvalue weighted by atomic mass is 35.5. The summed E-state index contributed by atoms with van der Waals surface area (Å²) in [6.45, 7) is 3.25. The van der Waals surface area contributed by atoms with E-state index in [4.69, 9.17) is 11.6 Å². The average molecular weight is 297 g/mol. The highest BCUT2D eigenvalue weighted by molar-refractivity contribution is 6.23. The molecule has 0 aliphatic heterocycles. The molecule has 0 fully saturated rings. The van der Waals surface area contributed by atoms with E-state index in [-0.39, 0.29) is 12.8 Å². The summed E-state index contributed by atoms with van der Waals surface area (Å²) in [6.07, 6.45) is -0.593. The van der Waals surface area contributed by atoms with Crippen LogP contribution in [-0.2, 0) is 9.59 Å². The maximum Gasteiger partial charge on any atom is 0.240 e. The highest BCUT2D eigenvalue weighted by Crippen LogP contribution is 2.21. The molecule has 0 aromatic rings. The van der Waals surface area contributed by atoms with Gasteiger partial charge in [-0.15, -0.1) is 11.6 Å². The number of halogens is 1. The lowest BCUT2D eigenvalue weighted by Gasteiger charge is -2.25. The minimum absolute atomic E-state index is 0.142. The molecular formula is C12H21ClO6. The lowest BCUT2D eigenvalue weighted by Crippen LogP contribution is -2.47. The van der Waals surface area contributed by atoms with E-state index >= 15 is 0 Å². The molecule has 0 bridgehead atoms. The molecule has 19 heavy (non-hydrogen) atoms. The fourth-order valence-electron chi connectivity index (χ4n) is 1.56. The summed E-state index contributed by atoms with van der Waals surface area (Å²) < 4.78 is 0. The van der Waals surface area contributed by atoms with Gasteiger partial charge in [0.1, 0.15) is 0 Å². The lowest BCUT2D eigenvalue weighted by atomic mass is 9.97. The summed E-state index contributed by atoms with van der Waals surface area (Å²) in [6, 6.07) is 0. The SMILES string of the molecule is CCCC(O)(O)C(=O)CCC(=O)C(O)(O)C(Cl)CC. The predicted octanol–water partition coefficient (Wildman–Crippen LogP) is 0.0841. The molecule has 0 aliphatic carbocycles. The van der Waals surface area contributed by atoms with Crippen LogP contribution in [0.5, 0.6) is 0 Å². The number of hydrogen-bond acceptors (Lipinski definition) is 6. The van der Waals surface area contributed by atoms with Crippen LogP contribution in [0.25, 0.3) is 0 Å². The van der Waals surface area contributed by atoms with Crippen molar-refractivity contribution in [2.24, 2.45) is 0 Å². The molecule has 0 aromatic carbocycles. The zero-order valence-electron chi connectivity index (χ0n) is 11.1. The summed E-state index contributed by atoms with van der Waals surface area (Å²) in [5.41, 5.74) is 0. The molecule has 1 unspecified atom stereocenters. The Morgan fingerprint density at radius 3 is 1.95 bits per heavy atom. The number of Topliss-reactive ketones (excluding diaryl/α,β-unsaturated/α-hetero) is 2. The molecule has 0 aliphatic rings. The van der Waals surface area contributed by atoms with Crippen LogP contribution in [-0.4, -0.2) is 48.9 Å². The van der Waals surface area contributed by atoms with E-state index in [9.17, 15) is 30.0 Å². The van der Waals surface area contributed by atoms with Crippen LogP contribution in [0.1, 0.15) is 46.0 Å². The molecule has 0 aromatic heterocycles. The zero-order chi connectivity index (χ0) is 15.3. The topological polar surface area (TPSA) is 115 Å². The average Bonchev–Trinajstić information content (AvgIpc) is 2.33. The van der Waals surface area contributed by atoms with Gasteiger partial charge in [-0.2, -0.15) is 0 Å². The summed E-state index contributed by atoms with van der Waals surface area (Å²) in [7, 11) is 0. The molecule has 0 spiro atoms. The van der Waals surface area contributed by atoms with E-state index in [1.165, 1.54) is 0 Å². The third-order valence-corrected chi connectivity index (χ3v) is 3.44. The number of hydrogen-bond donors (Lipinski definition) is 4. The Balaban J connectivity index is 4.50. The first-order valence-corrected chi connectivity index (χ1v) is 6.63. The Bertz CT molecular complexity index is 326. The first kappa shape index (κ1) is 18.5. The van der Waals surface area contributed by atoms with Gasteiger partial charge in [0.05, 0.1) is 5.38 Å². The van der Waals surface area contributed by atoms with Crippen molar-refractivity contribution in [2.45, 2.75) is 62.9 Å². The second kappa shape index (κ2) is 7.31. The quantitative estimate of drug-likeness (QED) is 0.354.